The maximum Gasteiger partial charge on any atom is 0.334 e. The predicted molar refractivity (Wildman–Crippen MR) is 95.7 cm³/mol. The van der Waals surface area contributed by atoms with Gasteiger partial charge < -0.3 is 0 Å². The first kappa shape index (κ1) is 18.3. The summed E-state index contributed by atoms with van der Waals surface area (Å²) in [4.78, 5) is 50.3. The summed E-state index contributed by atoms with van der Waals surface area (Å²) in [6.45, 7) is 2.90. The van der Waals surface area contributed by atoms with Crippen LogP contribution in [0.1, 0.15) is 67.8 Å². The summed E-state index contributed by atoms with van der Waals surface area (Å²) in [6, 6.07) is 6.28. The maximum absolute atomic E-state index is 12.5. The van der Waals surface area contributed by atoms with E-state index in [1.54, 1.807) is 26.0 Å². The van der Waals surface area contributed by atoms with E-state index in [1.165, 1.54) is 37.7 Å². The van der Waals surface area contributed by atoms with Crippen molar-refractivity contribution < 1.29 is 19.2 Å². The highest BCUT2D eigenvalue weighted by Crippen LogP contribution is 2.32. The first-order chi connectivity index (χ1) is 12.4. The summed E-state index contributed by atoms with van der Waals surface area (Å²) in [5, 5.41) is 0. The average molecular weight is 356 g/mol. The van der Waals surface area contributed by atoms with E-state index in [0.29, 0.717) is 11.5 Å². The lowest BCUT2D eigenvalue weighted by Gasteiger charge is -2.22. The summed E-state index contributed by atoms with van der Waals surface area (Å²) in [5.74, 6) is -1.60. The Morgan fingerprint density at radius 1 is 1.00 bits per heavy atom. The second-order valence-corrected chi connectivity index (χ2v) is 7.32. The Balaban J connectivity index is 1.69. The van der Waals surface area contributed by atoms with Crippen molar-refractivity contribution in [1.82, 2.24) is 9.80 Å². The van der Waals surface area contributed by atoms with Gasteiger partial charge in [0.2, 0.25) is 0 Å². The van der Waals surface area contributed by atoms with Crippen molar-refractivity contribution in [2.45, 2.75) is 57.9 Å². The summed E-state index contributed by atoms with van der Waals surface area (Å²) in [6.07, 6.45) is 6.13. The van der Waals surface area contributed by atoms with Crippen LogP contribution in [0.3, 0.4) is 0 Å². The van der Waals surface area contributed by atoms with Gasteiger partial charge >= 0.3 is 17.8 Å². The molecule has 3 rings (SSSR count). The summed E-state index contributed by atoms with van der Waals surface area (Å²) in [5.41, 5.74) is 1.68. The average Bonchev–Trinajstić information content (AvgIpc) is 2.86. The number of nitrogens with zero attached hydrogens (tertiary/aromatic N) is 2. The van der Waals surface area contributed by atoms with Crippen LogP contribution in [0.2, 0.25) is 0 Å². The molecule has 0 spiro atoms. The third kappa shape index (κ3) is 3.41. The molecular weight excluding hydrogens is 332 g/mol. The normalized spacial score (nSPS) is 19.0. The summed E-state index contributed by atoms with van der Waals surface area (Å²) >= 11 is 0. The fourth-order valence-corrected chi connectivity index (χ4v) is 3.73. The number of imide groups is 2. The molecule has 1 saturated heterocycles. The molecule has 2 fully saturated rings. The van der Waals surface area contributed by atoms with Gasteiger partial charge in [0, 0.05) is 11.6 Å². The Morgan fingerprint density at radius 2 is 1.62 bits per heavy atom. The van der Waals surface area contributed by atoms with Crippen molar-refractivity contribution in [3.05, 3.63) is 35.4 Å². The van der Waals surface area contributed by atoms with Gasteiger partial charge in [0.15, 0.2) is 5.78 Å². The van der Waals surface area contributed by atoms with E-state index < -0.39 is 30.4 Å². The minimum Gasteiger partial charge on any atom is -0.292 e. The van der Waals surface area contributed by atoms with E-state index in [9.17, 15) is 19.2 Å². The fraction of sp³-hybridized carbons (Fsp3) is 0.500. The Morgan fingerprint density at radius 3 is 2.15 bits per heavy atom. The first-order valence-electron chi connectivity index (χ1n) is 9.22. The van der Waals surface area contributed by atoms with Gasteiger partial charge in [-0.25, -0.2) is 9.69 Å². The van der Waals surface area contributed by atoms with Gasteiger partial charge in [-0.15, -0.1) is 0 Å². The molecule has 26 heavy (non-hydrogen) atoms. The number of benzene rings is 1. The zero-order valence-corrected chi connectivity index (χ0v) is 15.2. The van der Waals surface area contributed by atoms with E-state index >= 15 is 0 Å². The number of carbonyl (C=O) groups excluding carboxylic acids is 4. The van der Waals surface area contributed by atoms with E-state index in [2.05, 4.69) is 0 Å². The number of rotatable bonds is 5. The van der Waals surface area contributed by atoms with Crippen molar-refractivity contribution in [2.24, 2.45) is 0 Å². The topological polar surface area (TPSA) is 74.8 Å². The molecule has 0 bridgehead atoms. The number of amides is 4. The number of hydrogen-bond acceptors (Lipinski definition) is 4. The van der Waals surface area contributed by atoms with E-state index in [1.807, 2.05) is 12.1 Å². The fourth-order valence-electron chi connectivity index (χ4n) is 3.73. The van der Waals surface area contributed by atoms with Gasteiger partial charge in [0.05, 0.1) is 6.54 Å². The second kappa shape index (κ2) is 7.40. The first-order valence-corrected chi connectivity index (χ1v) is 9.22. The monoisotopic (exact) mass is 356 g/mol. The molecule has 6 nitrogen and oxygen atoms in total. The Hall–Kier alpha value is -2.50. The molecule has 0 N–H and O–H groups in total. The van der Waals surface area contributed by atoms with Crippen LogP contribution in [0.15, 0.2) is 24.3 Å². The largest absolute Gasteiger partial charge is 0.334 e. The Labute approximate surface area is 153 Å². The highest BCUT2D eigenvalue weighted by Gasteiger charge is 2.46. The van der Waals surface area contributed by atoms with Crippen LogP contribution in [-0.2, 0) is 9.59 Å². The van der Waals surface area contributed by atoms with Gasteiger partial charge in [0.25, 0.3) is 0 Å². The minimum absolute atomic E-state index is 0.347. The third-order valence-electron chi connectivity index (χ3n) is 5.21. The van der Waals surface area contributed by atoms with Crippen LogP contribution in [0.4, 0.5) is 4.79 Å². The Bertz CT molecular complexity index is 733. The van der Waals surface area contributed by atoms with Crippen molar-refractivity contribution in [3.8, 4) is 0 Å². The number of ketones is 1. The number of hydrogen-bond donors (Lipinski definition) is 0. The lowest BCUT2D eigenvalue weighted by molar-refractivity contribution is -0.143. The molecule has 2 aliphatic rings. The Kier molecular flexibility index (Phi) is 5.20. The third-order valence-corrected chi connectivity index (χ3v) is 5.21. The SMILES string of the molecule is CC(C)N1C(=O)C(=O)N(CC(=O)c2ccc(C3CCCCC3)cc2)C1=O. The minimum atomic E-state index is -0.934. The molecule has 6 heteroatoms. The maximum atomic E-state index is 12.5. The molecule has 1 aromatic carbocycles. The lowest BCUT2D eigenvalue weighted by atomic mass is 9.84. The van der Waals surface area contributed by atoms with Crippen LogP contribution in [0.25, 0.3) is 0 Å². The molecule has 1 saturated carbocycles. The molecule has 4 amide bonds. The van der Waals surface area contributed by atoms with E-state index in [4.69, 9.17) is 0 Å². The molecule has 0 unspecified atom stereocenters. The number of carbonyl (C=O) groups is 4. The van der Waals surface area contributed by atoms with Crippen LogP contribution in [0.5, 0.6) is 0 Å². The number of Topliss-reactive ketones (excluding diaryl/α,β-unsaturated/α-hetero) is 1. The van der Waals surface area contributed by atoms with Gasteiger partial charge in [-0.2, -0.15) is 0 Å². The van der Waals surface area contributed by atoms with E-state index in [0.717, 1.165) is 9.80 Å². The summed E-state index contributed by atoms with van der Waals surface area (Å²) in [7, 11) is 0. The van der Waals surface area contributed by atoms with Crippen molar-refractivity contribution in [3.63, 3.8) is 0 Å². The standard InChI is InChI=1S/C20H24N2O4/c1-13(2)22-19(25)18(24)21(20(22)26)12-17(23)16-10-8-15(9-11-16)14-6-4-3-5-7-14/h8-11,13-14H,3-7,12H2,1-2H3. The highest BCUT2D eigenvalue weighted by molar-refractivity contribution is 6.45. The van der Waals surface area contributed by atoms with E-state index in [-0.39, 0.29) is 5.78 Å². The predicted octanol–water partition coefficient (Wildman–Crippen LogP) is 3.12. The second-order valence-electron chi connectivity index (χ2n) is 7.32. The zero-order valence-electron chi connectivity index (χ0n) is 15.2. The lowest BCUT2D eigenvalue weighted by Crippen LogP contribution is -2.39. The zero-order chi connectivity index (χ0) is 18.8. The molecule has 1 aromatic rings. The van der Waals surface area contributed by atoms with Crippen LogP contribution >= 0.6 is 0 Å². The molecule has 1 aliphatic heterocycles. The molecule has 0 aromatic heterocycles. The van der Waals surface area contributed by atoms with Gasteiger partial charge in [0.1, 0.15) is 0 Å². The smallest absolute Gasteiger partial charge is 0.292 e. The number of urea groups is 1. The van der Waals surface area contributed by atoms with Crippen molar-refractivity contribution in [2.75, 3.05) is 6.54 Å². The van der Waals surface area contributed by atoms with Gasteiger partial charge in [-0.3, -0.25) is 19.3 Å². The van der Waals surface area contributed by atoms with Crippen molar-refractivity contribution in [1.29, 1.82) is 0 Å². The van der Waals surface area contributed by atoms with Crippen molar-refractivity contribution >= 4 is 23.6 Å². The molecule has 138 valence electrons. The summed E-state index contributed by atoms with van der Waals surface area (Å²) < 4.78 is 0. The molecule has 1 heterocycles. The molecular formula is C20H24N2O4. The molecule has 1 aliphatic carbocycles. The van der Waals surface area contributed by atoms with Crippen LogP contribution < -0.4 is 0 Å². The van der Waals surface area contributed by atoms with Crippen LogP contribution in [-0.4, -0.2) is 46.0 Å². The molecule has 0 radical (unpaired) electrons. The highest BCUT2D eigenvalue weighted by atomic mass is 16.2. The van der Waals surface area contributed by atoms with Crippen LogP contribution in [0, 0.1) is 0 Å². The van der Waals surface area contributed by atoms with Gasteiger partial charge in [-0.05, 0) is 38.2 Å². The van der Waals surface area contributed by atoms with Gasteiger partial charge in [-0.1, -0.05) is 43.5 Å². The quantitative estimate of drug-likeness (QED) is 0.461. The molecule has 0 atom stereocenters.